The molecule has 0 saturated heterocycles. The number of aromatic nitrogens is 3. The zero-order valence-corrected chi connectivity index (χ0v) is 14.4. The Labute approximate surface area is 154 Å². The molecule has 2 heterocycles. The normalized spacial score (nSPS) is 12.7. The van der Waals surface area contributed by atoms with Crippen molar-refractivity contribution in [2.45, 2.75) is 6.54 Å². The molecule has 2 aromatic carbocycles. The van der Waals surface area contributed by atoms with Crippen LogP contribution in [-0.2, 0) is 6.54 Å². The molecule has 26 heavy (non-hydrogen) atoms. The monoisotopic (exact) mass is 370 g/mol. The van der Waals surface area contributed by atoms with Crippen LogP contribution in [0.2, 0.25) is 5.02 Å². The van der Waals surface area contributed by atoms with Crippen LogP contribution in [0.25, 0.3) is 0 Å². The Kier molecular flexibility index (Phi) is 4.45. The van der Waals surface area contributed by atoms with E-state index < -0.39 is 0 Å². The van der Waals surface area contributed by atoms with Gasteiger partial charge in [-0.15, -0.1) is 0 Å². The van der Waals surface area contributed by atoms with Gasteiger partial charge in [-0.3, -0.25) is 4.79 Å². The third-order valence-electron chi connectivity index (χ3n) is 3.88. The van der Waals surface area contributed by atoms with Crippen molar-refractivity contribution >= 4 is 23.2 Å². The molecule has 1 N–H and O–H groups in total. The number of nitrogens with one attached hydrogen (secondary N) is 1. The number of nitrogens with zero attached hydrogens (tertiary/aromatic N) is 3. The van der Waals surface area contributed by atoms with Gasteiger partial charge < -0.3 is 14.8 Å². The fourth-order valence-corrected chi connectivity index (χ4v) is 2.91. The third-order valence-corrected chi connectivity index (χ3v) is 4.16. The maximum atomic E-state index is 12.5. The minimum Gasteiger partial charge on any atom is -0.486 e. The highest BCUT2D eigenvalue weighted by molar-refractivity contribution is 6.32. The Hall–Kier alpha value is -3.06. The van der Waals surface area contributed by atoms with Gasteiger partial charge in [0.15, 0.2) is 11.5 Å². The van der Waals surface area contributed by atoms with Crippen molar-refractivity contribution in [2.75, 3.05) is 18.5 Å². The lowest BCUT2D eigenvalue weighted by molar-refractivity contribution is 0.102. The highest BCUT2D eigenvalue weighted by Crippen LogP contribution is 2.38. The number of carbonyl (C=O) groups is 1. The summed E-state index contributed by atoms with van der Waals surface area (Å²) in [6.45, 7) is 1.49. The average Bonchev–Trinajstić information content (AvgIpc) is 3.16. The lowest BCUT2D eigenvalue weighted by Gasteiger charge is -2.20. The maximum absolute atomic E-state index is 12.5. The van der Waals surface area contributed by atoms with E-state index >= 15 is 0 Å². The summed E-state index contributed by atoms with van der Waals surface area (Å²) in [6.07, 6.45) is 3.15. The van der Waals surface area contributed by atoms with Gasteiger partial charge in [0.2, 0.25) is 0 Å². The molecule has 3 aromatic rings. The first kappa shape index (κ1) is 16.4. The second-order valence-corrected chi connectivity index (χ2v) is 6.13. The fourth-order valence-electron chi connectivity index (χ4n) is 2.64. The highest BCUT2D eigenvalue weighted by Gasteiger charge is 2.19. The van der Waals surface area contributed by atoms with E-state index in [1.165, 1.54) is 6.33 Å². The van der Waals surface area contributed by atoms with Crippen LogP contribution < -0.4 is 14.8 Å². The summed E-state index contributed by atoms with van der Waals surface area (Å²) in [5.41, 5.74) is 2.14. The molecule has 0 unspecified atom stereocenters. The Morgan fingerprint density at radius 3 is 2.77 bits per heavy atom. The number of ether oxygens (including phenoxy) is 2. The SMILES string of the molecule is O=C(Nc1ccc(Cn2cncn2)cc1)c1cc(Cl)c2c(c1)OCCO2. The zero-order chi connectivity index (χ0) is 17.9. The second kappa shape index (κ2) is 7.05. The van der Waals surface area contributed by atoms with Gasteiger partial charge >= 0.3 is 0 Å². The molecule has 1 aromatic heterocycles. The number of rotatable bonds is 4. The summed E-state index contributed by atoms with van der Waals surface area (Å²) in [6, 6.07) is 10.7. The zero-order valence-electron chi connectivity index (χ0n) is 13.7. The van der Waals surface area contributed by atoms with Crippen molar-refractivity contribution in [1.82, 2.24) is 14.8 Å². The summed E-state index contributed by atoms with van der Waals surface area (Å²) < 4.78 is 12.7. The van der Waals surface area contributed by atoms with Crippen LogP contribution in [0.3, 0.4) is 0 Å². The minimum absolute atomic E-state index is 0.270. The van der Waals surface area contributed by atoms with Crippen molar-refractivity contribution in [1.29, 1.82) is 0 Å². The highest BCUT2D eigenvalue weighted by atomic mass is 35.5. The molecule has 132 valence electrons. The van der Waals surface area contributed by atoms with E-state index in [2.05, 4.69) is 15.4 Å². The molecule has 1 amide bonds. The molecule has 0 radical (unpaired) electrons. The van der Waals surface area contributed by atoms with E-state index in [0.29, 0.717) is 47.5 Å². The van der Waals surface area contributed by atoms with E-state index in [0.717, 1.165) is 5.56 Å². The van der Waals surface area contributed by atoms with Gasteiger partial charge in [-0.05, 0) is 29.8 Å². The summed E-state index contributed by atoms with van der Waals surface area (Å²) >= 11 is 6.18. The molecule has 0 saturated carbocycles. The van der Waals surface area contributed by atoms with Crippen LogP contribution in [0.4, 0.5) is 5.69 Å². The molecular weight excluding hydrogens is 356 g/mol. The second-order valence-electron chi connectivity index (χ2n) is 5.73. The molecule has 1 aliphatic heterocycles. The summed E-state index contributed by atoms with van der Waals surface area (Å²) in [5, 5.41) is 7.27. The Morgan fingerprint density at radius 2 is 2.00 bits per heavy atom. The third kappa shape index (κ3) is 3.48. The van der Waals surface area contributed by atoms with E-state index in [9.17, 15) is 4.79 Å². The molecule has 0 atom stereocenters. The minimum atomic E-state index is -0.270. The maximum Gasteiger partial charge on any atom is 0.255 e. The van der Waals surface area contributed by atoms with Gasteiger partial charge in [-0.2, -0.15) is 5.10 Å². The van der Waals surface area contributed by atoms with Gasteiger partial charge in [0, 0.05) is 11.3 Å². The predicted octanol–water partition coefficient (Wildman–Crippen LogP) is 3.00. The van der Waals surface area contributed by atoms with Crippen molar-refractivity contribution in [3.05, 3.63) is 65.2 Å². The van der Waals surface area contributed by atoms with Crippen molar-refractivity contribution in [2.24, 2.45) is 0 Å². The molecule has 4 rings (SSSR count). The summed E-state index contributed by atoms with van der Waals surface area (Å²) in [7, 11) is 0. The van der Waals surface area contributed by atoms with Crippen molar-refractivity contribution in [3.8, 4) is 11.5 Å². The number of benzene rings is 2. The van der Waals surface area contributed by atoms with Crippen LogP contribution in [0, 0.1) is 0 Å². The molecule has 7 nitrogen and oxygen atoms in total. The molecule has 0 spiro atoms. The molecule has 0 fully saturated rings. The Bertz CT molecular complexity index is 926. The standard InChI is InChI=1S/C18H15ClN4O3/c19-15-7-13(8-16-17(15)26-6-5-25-16)18(24)22-14-3-1-12(2-4-14)9-23-11-20-10-21-23/h1-4,7-8,10-11H,5-6,9H2,(H,22,24). The number of fused-ring (bicyclic) bond motifs is 1. The van der Waals surface area contributed by atoms with Gasteiger partial charge in [-0.25, -0.2) is 9.67 Å². The van der Waals surface area contributed by atoms with Crippen LogP contribution in [0.5, 0.6) is 11.5 Å². The van der Waals surface area contributed by atoms with Crippen molar-refractivity contribution in [3.63, 3.8) is 0 Å². The molecule has 1 aliphatic rings. The Balaban J connectivity index is 1.47. The summed E-state index contributed by atoms with van der Waals surface area (Å²) in [4.78, 5) is 16.4. The predicted molar refractivity (Wildman–Crippen MR) is 96.0 cm³/mol. The molecule has 8 heteroatoms. The number of hydrogen-bond acceptors (Lipinski definition) is 5. The molecule has 0 aliphatic carbocycles. The number of hydrogen-bond donors (Lipinski definition) is 1. The van der Waals surface area contributed by atoms with Gasteiger partial charge in [0.05, 0.1) is 11.6 Å². The smallest absolute Gasteiger partial charge is 0.255 e. The van der Waals surface area contributed by atoms with E-state index in [-0.39, 0.29) is 5.91 Å². The Morgan fingerprint density at radius 1 is 1.19 bits per heavy atom. The molecule has 0 bridgehead atoms. The van der Waals surface area contributed by atoms with E-state index in [4.69, 9.17) is 21.1 Å². The van der Waals surface area contributed by atoms with E-state index in [1.807, 2.05) is 24.3 Å². The largest absolute Gasteiger partial charge is 0.486 e. The van der Waals surface area contributed by atoms with Crippen molar-refractivity contribution < 1.29 is 14.3 Å². The summed E-state index contributed by atoms with van der Waals surface area (Å²) in [5.74, 6) is 0.692. The fraction of sp³-hybridized carbons (Fsp3) is 0.167. The lowest BCUT2D eigenvalue weighted by Crippen LogP contribution is -2.17. The van der Waals surface area contributed by atoms with Gasteiger partial charge in [0.1, 0.15) is 25.9 Å². The number of amides is 1. The number of halogens is 1. The average molecular weight is 371 g/mol. The topological polar surface area (TPSA) is 78.3 Å². The van der Waals surface area contributed by atoms with Gasteiger partial charge in [-0.1, -0.05) is 23.7 Å². The van der Waals surface area contributed by atoms with Crippen LogP contribution >= 0.6 is 11.6 Å². The first-order valence-electron chi connectivity index (χ1n) is 8.01. The molecular formula is C18H15ClN4O3. The van der Waals surface area contributed by atoms with Crippen LogP contribution in [-0.4, -0.2) is 33.9 Å². The van der Waals surface area contributed by atoms with Crippen LogP contribution in [0.1, 0.15) is 15.9 Å². The van der Waals surface area contributed by atoms with Crippen LogP contribution in [0.15, 0.2) is 49.1 Å². The van der Waals surface area contributed by atoms with Gasteiger partial charge in [0.25, 0.3) is 5.91 Å². The first-order valence-corrected chi connectivity index (χ1v) is 8.39. The van der Waals surface area contributed by atoms with E-state index in [1.54, 1.807) is 23.1 Å². The first-order chi connectivity index (χ1) is 12.7. The number of anilines is 1. The lowest BCUT2D eigenvalue weighted by atomic mass is 10.1. The number of carbonyl (C=O) groups excluding carboxylic acids is 1. The quantitative estimate of drug-likeness (QED) is 0.763.